The summed E-state index contributed by atoms with van der Waals surface area (Å²) < 4.78 is 14.1. The monoisotopic (exact) mass is 524 g/mol. The molecule has 2 aromatic carbocycles. The van der Waals surface area contributed by atoms with Gasteiger partial charge in [0.2, 0.25) is 0 Å². The van der Waals surface area contributed by atoms with Crippen molar-refractivity contribution in [3.63, 3.8) is 0 Å². The average Bonchev–Trinajstić information content (AvgIpc) is 2.35. The summed E-state index contributed by atoms with van der Waals surface area (Å²) in [5, 5.41) is 0. The van der Waals surface area contributed by atoms with E-state index in [1.54, 1.807) is 16.1 Å². The summed E-state index contributed by atoms with van der Waals surface area (Å²) in [6.07, 6.45) is 0. The first-order valence-corrected chi connectivity index (χ1v) is 8.29. The first-order valence-electron chi connectivity index (χ1n) is 5.09. The Hall–Kier alpha value is -0.0871. The Labute approximate surface area is 141 Å². The van der Waals surface area contributed by atoms with Gasteiger partial charge >= 0.3 is 143 Å². The van der Waals surface area contributed by atoms with Crippen LogP contribution in [0, 0.1) is 7.14 Å². The molecule has 0 heterocycles. The van der Waals surface area contributed by atoms with Crippen molar-refractivity contribution in [2.24, 2.45) is 0 Å². The Morgan fingerprint density at radius 2 is 1.06 bits per heavy atom. The number of rotatable bonds is 4. The van der Waals surface area contributed by atoms with E-state index in [-0.39, 0.29) is 0 Å². The molecule has 0 amide bonds. The van der Waals surface area contributed by atoms with E-state index in [2.05, 4.69) is 45.2 Å². The third-order valence-electron chi connectivity index (χ3n) is 2.05. The zero-order valence-corrected chi connectivity index (χ0v) is 15.6. The maximum absolute atomic E-state index is 5.59. The molecule has 2 radical (unpaired) electrons. The molecule has 90 valence electrons. The normalized spacial score (nSPS) is 9.89. The minimum absolute atomic E-state index is 0.511. The number of benzene rings is 2. The number of ether oxygens (including phenoxy) is 2. The molecular formula is C13H8GeI2O2. The molecule has 0 aliphatic heterocycles. The Bertz CT molecular complexity index is 488. The second-order valence-electron chi connectivity index (χ2n) is 3.40. The topological polar surface area (TPSA) is 18.5 Å². The second kappa shape index (κ2) is 6.90. The molecule has 5 heteroatoms. The van der Waals surface area contributed by atoms with Gasteiger partial charge in [-0.1, -0.05) is 0 Å². The predicted molar refractivity (Wildman–Crippen MR) is 90.3 cm³/mol. The SMILES string of the molecule is [Ge]=[C](Oc1ccc(I)cc1)Oc1ccc(I)cc1. The summed E-state index contributed by atoms with van der Waals surface area (Å²) in [6.45, 7) is 0. The molecule has 0 fully saturated rings. The molecular weight excluding hydrogens is 515 g/mol. The summed E-state index contributed by atoms with van der Waals surface area (Å²) >= 11 is 6.32. The van der Waals surface area contributed by atoms with Crippen molar-refractivity contribution in [1.82, 2.24) is 0 Å². The van der Waals surface area contributed by atoms with Crippen LogP contribution in [0.4, 0.5) is 0 Å². The van der Waals surface area contributed by atoms with Gasteiger partial charge < -0.3 is 0 Å². The fraction of sp³-hybridized carbons (Fsp3) is 0. The van der Waals surface area contributed by atoms with Gasteiger partial charge in [0.15, 0.2) is 0 Å². The van der Waals surface area contributed by atoms with Gasteiger partial charge in [0.25, 0.3) is 0 Å². The third kappa shape index (κ3) is 4.54. The number of hydrogen-bond donors (Lipinski definition) is 0. The zero-order valence-electron chi connectivity index (χ0n) is 9.19. The molecule has 2 nitrogen and oxygen atoms in total. The molecule has 0 saturated heterocycles. The second-order valence-corrected chi connectivity index (χ2v) is 6.75. The fourth-order valence-electron chi connectivity index (χ4n) is 1.24. The van der Waals surface area contributed by atoms with Crippen molar-refractivity contribution in [1.29, 1.82) is 0 Å². The van der Waals surface area contributed by atoms with Crippen LogP contribution >= 0.6 is 45.2 Å². The van der Waals surface area contributed by atoms with E-state index in [4.69, 9.17) is 9.47 Å². The Balaban J connectivity index is 1.96. The van der Waals surface area contributed by atoms with Crippen molar-refractivity contribution in [2.45, 2.75) is 0 Å². The fourth-order valence-corrected chi connectivity index (χ4v) is 2.45. The Morgan fingerprint density at radius 3 is 1.39 bits per heavy atom. The Morgan fingerprint density at radius 1 is 0.722 bits per heavy atom. The van der Waals surface area contributed by atoms with Crippen LogP contribution in [0.15, 0.2) is 48.5 Å². The van der Waals surface area contributed by atoms with Crippen LogP contribution in [0.25, 0.3) is 0 Å². The van der Waals surface area contributed by atoms with Gasteiger partial charge in [0, 0.05) is 0 Å². The van der Waals surface area contributed by atoms with Crippen LogP contribution in [0.5, 0.6) is 11.5 Å². The summed E-state index contributed by atoms with van der Waals surface area (Å²) in [7, 11) is 0. The van der Waals surface area contributed by atoms with E-state index in [9.17, 15) is 0 Å². The van der Waals surface area contributed by atoms with Crippen molar-refractivity contribution >= 4 is 66.0 Å². The van der Waals surface area contributed by atoms with Crippen LogP contribution in [0.2, 0.25) is 0 Å². The minimum atomic E-state index is 0.511. The average molecular weight is 523 g/mol. The quantitative estimate of drug-likeness (QED) is 0.451. The zero-order chi connectivity index (χ0) is 13.0. The molecule has 2 rings (SSSR count). The van der Waals surface area contributed by atoms with E-state index < -0.39 is 0 Å². The molecule has 0 bridgehead atoms. The van der Waals surface area contributed by atoms with Crippen LogP contribution in [-0.4, -0.2) is 20.8 Å². The van der Waals surface area contributed by atoms with Crippen molar-refractivity contribution in [2.75, 3.05) is 0 Å². The van der Waals surface area contributed by atoms with Gasteiger partial charge in [-0.25, -0.2) is 0 Å². The van der Waals surface area contributed by atoms with Gasteiger partial charge in [-0.05, 0) is 0 Å². The number of hydrogen-bond acceptors (Lipinski definition) is 2. The van der Waals surface area contributed by atoms with Crippen LogP contribution in [0.1, 0.15) is 0 Å². The molecule has 0 aliphatic rings. The van der Waals surface area contributed by atoms with Gasteiger partial charge in [0.1, 0.15) is 0 Å². The molecule has 0 aromatic heterocycles. The molecule has 0 N–H and O–H groups in total. The van der Waals surface area contributed by atoms with E-state index in [1.807, 2.05) is 48.5 Å². The molecule has 0 unspecified atom stereocenters. The van der Waals surface area contributed by atoms with Crippen LogP contribution in [0.3, 0.4) is 0 Å². The summed E-state index contributed by atoms with van der Waals surface area (Å²) in [4.78, 5) is 0. The van der Waals surface area contributed by atoms with Crippen LogP contribution < -0.4 is 9.47 Å². The Kier molecular flexibility index (Phi) is 5.49. The maximum atomic E-state index is 5.59. The van der Waals surface area contributed by atoms with Crippen molar-refractivity contribution in [3.8, 4) is 11.5 Å². The molecule has 0 atom stereocenters. The van der Waals surface area contributed by atoms with Gasteiger partial charge in [-0.2, -0.15) is 0 Å². The van der Waals surface area contributed by atoms with Crippen LogP contribution in [-0.2, 0) is 0 Å². The van der Waals surface area contributed by atoms with E-state index in [1.165, 1.54) is 7.14 Å². The molecule has 0 aliphatic carbocycles. The van der Waals surface area contributed by atoms with Crippen molar-refractivity contribution in [3.05, 3.63) is 55.7 Å². The van der Waals surface area contributed by atoms with E-state index >= 15 is 0 Å². The summed E-state index contributed by atoms with van der Waals surface area (Å²) in [5.74, 6) is 1.55. The first kappa shape index (κ1) is 14.3. The van der Waals surface area contributed by atoms with E-state index in [0.29, 0.717) is 4.72 Å². The third-order valence-corrected chi connectivity index (χ3v) is 3.91. The van der Waals surface area contributed by atoms with Gasteiger partial charge in [0.05, 0.1) is 0 Å². The summed E-state index contributed by atoms with van der Waals surface area (Å²) in [5.41, 5.74) is 0. The van der Waals surface area contributed by atoms with Gasteiger partial charge in [-0.15, -0.1) is 0 Å². The standard InChI is InChI=1S/C13H8GeI2O2/c14-13(17-11-5-1-9(15)2-6-11)18-12-7-3-10(16)4-8-12/h1-8H. The predicted octanol–water partition coefficient (Wildman–Crippen LogP) is 3.61. The summed E-state index contributed by atoms with van der Waals surface area (Å²) in [6, 6.07) is 15.7. The first-order chi connectivity index (χ1) is 8.63. The van der Waals surface area contributed by atoms with E-state index in [0.717, 1.165) is 11.5 Å². The van der Waals surface area contributed by atoms with Gasteiger partial charge in [-0.3, -0.25) is 0 Å². The molecule has 0 saturated carbocycles. The molecule has 18 heavy (non-hydrogen) atoms. The molecule has 0 spiro atoms. The molecule has 2 aromatic rings. The number of halogens is 2. The van der Waals surface area contributed by atoms with Crippen molar-refractivity contribution < 1.29 is 9.47 Å².